The molecule has 1 unspecified atom stereocenters. The Balaban J connectivity index is 1.92. The van der Waals surface area contributed by atoms with Crippen molar-refractivity contribution in [2.75, 3.05) is 0 Å². The van der Waals surface area contributed by atoms with Gasteiger partial charge in [-0.1, -0.05) is 18.2 Å². The first-order valence-electron chi connectivity index (χ1n) is 5.53. The van der Waals surface area contributed by atoms with Gasteiger partial charge in [-0.15, -0.1) is 0 Å². The van der Waals surface area contributed by atoms with Gasteiger partial charge in [-0.05, 0) is 19.1 Å². The van der Waals surface area contributed by atoms with Gasteiger partial charge >= 0.3 is 0 Å². The van der Waals surface area contributed by atoms with E-state index in [1.165, 1.54) is 18.7 Å². The minimum atomic E-state index is -0.430. The third kappa shape index (κ3) is 3.28. The van der Waals surface area contributed by atoms with Crippen molar-refractivity contribution in [1.29, 1.82) is 0 Å². The number of para-hydroxylation sites is 1. The van der Waals surface area contributed by atoms with Crippen molar-refractivity contribution >= 4 is 5.91 Å². The van der Waals surface area contributed by atoms with E-state index in [0.29, 0.717) is 11.3 Å². The summed E-state index contributed by atoms with van der Waals surface area (Å²) >= 11 is 0. The van der Waals surface area contributed by atoms with E-state index in [9.17, 15) is 4.79 Å². The maximum absolute atomic E-state index is 11.8. The lowest BCUT2D eigenvalue weighted by Crippen LogP contribution is -2.36. The zero-order valence-corrected chi connectivity index (χ0v) is 9.91. The Morgan fingerprint density at radius 1 is 1.22 bits per heavy atom. The minimum Gasteiger partial charge on any atom is -0.471 e. The Bertz CT molecular complexity index is 502. The van der Waals surface area contributed by atoms with Crippen LogP contribution in [0.25, 0.3) is 0 Å². The van der Waals surface area contributed by atoms with Crippen molar-refractivity contribution in [2.45, 2.75) is 13.2 Å². The summed E-state index contributed by atoms with van der Waals surface area (Å²) in [6, 6.07) is 9.30. The standard InChI is InChI=1S/C13H13N3O2/c1-10(18-12-5-3-2-4-6-12)16-13(17)11-7-14-9-15-8-11/h2-10H,1H3,(H,16,17). The summed E-state index contributed by atoms with van der Waals surface area (Å²) in [6.07, 6.45) is 3.86. The molecular formula is C13H13N3O2. The van der Waals surface area contributed by atoms with Gasteiger partial charge in [0.05, 0.1) is 5.56 Å². The highest BCUT2D eigenvalue weighted by molar-refractivity contribution is 5.93. The van der Waals surface area contributed by atoms with Crippen LogP contribution in [0.15, 0.2) is 49.1 Å². The number of hydrogen-bond acceptors (Lipinski definition) is 4. The molecule has 1 aromatic carbocycles. The summed E-state index contributed by atoms with van der Waals surface area (Å²) in [4.78, 5) is 19.3. The van der Waals surface area contributed by atoms with E-state index in [0.717, 1.165) is 0 Å². The van der Waals surface area contributed by atoms with Crippen LogP contribution in [0.5, 0.6) is 5.75 Å². The summed E-state index contributed by atoms with van der Waals surface area (Å²) in [6.45, 7) is 1.76. The van der Waals surface area contributed by atoms with Gasteiger partial charge < -0.3 is 10.1 Å². The zero-order valence-electron chi connectivity index (χ0n) is 9.91. The second-order valence-electron chi connectivity index (χ2n) is 3.67. The minimum absolute atomic E-state index is 0.265. The van der Waals surface area contributed by atoms with Crippen molar-refractivity contribution in [1.82, 2.24) is 15.3 Å². The molecule has 5 nitrogen and oxygen atoms in total. The molecule has 0 bridgehead atoms. The Morgan fingerprint density at radius 2 is 1.89 bits per heavy atom. The summed E-state index contributed by atoms with van der Waals surface area (Å²) in [5.74, 6) is 0.439. The first-order chi connectivity index (χ1) is 8.75. The molecule has 1 amide bonds. The van der Waals surface area contributed by atoms with Crippen molar-refractivity contribution in [3.05, 3.63) is 54.6 Å². The second-order valence-corrected chi connectivity index (χ2v) is 3.67. The lowest BCUT2D eigenvalue weighted by Gasteiger charge is -2.15. The predicted octanol–water partition coefficient (Wildman–Crippen LogP) is 1.63. The summed E-state index contributed by atoms with van der Waals surface area (Å²) in [5.41, 5.74) is 0.404. The maximum atomic E-state index is 11.8. The van der Waals surface area contributed by atoms with E-state index >= 15 is 0 Å². The second kappa shape index (κ2) is 5.77. The fourth-order valence-electron chi connectivity index (χ4n) is 1.42. The molecule has 1 aromatic heterocycles. The molecule has 0 spiro atoms. The molecule has 92 valence electrons. The number of rotatable bonds is 4. The van der Waals surface area contributed by atoms with Crippen molar-refractivity contribution in [3.63, 3.8) is 0 Å². The Hall–Kier alpha value is -2.43. The molecule has 1 N–H and O–H groups in total. The van der Waals surface area contributed by atoms with Gasteiger partial charge in [0.1, 0.15) is 12.1 Å². The SMILES string of the molecule is CC(NC(=O)c1cncnc1)Oc1ccccc1. The fourth-order valence-corrected chi connectivity index (χ4v) is 1.42. The van der Waals surface area contributed by atoms with Crippen LogP contribution in [0.1, 0.15) is 17.3 Å². The normalized spacial score (nSPS) is 11.6. The third-order valence-corrected chi connectivity index (χ3v) is 2.21. The van der Waals surface area contributed by atoms with Crippen LogP contribution in [0.3, 0.4) is 0 Å². The molecule has 0 aliphatic carbocycles. The molecule has 2 rings (SSSR count). The number of hydrogen-bond donors (Lipinski definition) is 1. The Morgan fingerprint density at radius 3 is 2.56 bits per heavy atom. The average Bonchev–Trinajstić information content (AvgIpc) is 2.40. The molecule has 1 heterocycles. The molecule has 1 atom stereocenters. The van der Waals surface area contributed by atoms with E-state index in [2.05, 4.69) is 15.3 Å². The molecule has 5 heteroatoms. The highest BCUT2D eigenvalue weighted by Gasteiger charge is 2.10. The monoisotopic (exact) mass is 243 g/mol. The zero-order chi connectivity index (χ0) is 12.8. The van der Waals surface area contributed by atoms with Crippen LogP contribution in [0.4, 0.5) is 0 Å². The van der Waals surface area contributed by atoms with Gasteiger partial charge in [0, 0.05) is 12.4 Å². The van der Waals surface area contributed by atoms with Crippen LogP contribution in [-0.2, 0) is 0 Å². The van der Waals surface area contributed by atoms with Crippen LogP contribution in [0, 0.1) is 0 Å². The molecule has 0 saturated heterocycles. The van der Waals surface area contributed by atoms with Gasteiger partial charge in [-0.3, -0.25) is 4.79 Å². The molecule has 0 aliphatic rings. The van der Waals surface area contributed by atoms with Gasteiger partial charge in [0.2, 0.25) is 0 Å². The average molecular weight is 243 g/mol. The van der Waals surface area contributed by atoms with Crippen molar-refractivity contribution in [2.24, 2.45) is 0 Å². The molecule has 0 radical (unpaired) electrons. The van der Waals surface area contributed by atoms with E-state index in [-0.39, 0.29) is 5.91 Å². The van der Waals surface area contributed by atoms with Gasteiger partial charge in [0.15, 0.2) is 6.23 Å². The number of aromatic nitrogens is 2. The Kier molecular flexibility index (Phi) is 3.86. The number of carbonyl (C=O) groups excluding carboxylic acids is 1. The van der Waals surface area contributed by atoms with Gasteiger partial charge in [-0.25, -0.2) is 9.97 Å². The number of nitrogens with one attached hydrogen (secondary N) is 1. The van der Waals surface area contributed by atoms with E-state index in [1.807, 2.05) is 30.3 Å². The van der Waals surface area contributed by atoms with Crippen LogP contribution >= 0.6 is 0 Å². The van der Waals surface area contributed by atoms with Crippen molar-refractivity contribution in [3.8, 4) is 5.75 Å². The largest absolute Gasteiger partial charge is 0.471 e. The number of ether oxygens (including phenoxy) is 1. The lowest BCUT2D eigenvalue weighted by atomic mass is 10.3. The molecule has 0 aliphatic heterocycles. The highest BCUT2D eigenvalue weighted by Crippen LogP contribution is 2.09. The van der Waals surface area contributed by atoms with E-state index in [4.69, 9.17) is 4.74 Å². The summed E-state index contributed by atoms with van der Waals surface area (Å²) in [7, 11) is 0. The lowest BCUT2D eigenvalue weighted by molar-refractivity contribution is 0.0851. The fraction of sp³-hybridized carbons (Fsp3) is 0.154. The van der Waals surface area contributed by atoms with Crippen LogP contribution < -0.4 is 10.1 Å². The van der Waals surface area contributed by atoms with Gasteiger partial charge in [0.25, 0.3) is 5.91 Å². The van der Waals surface area contributed by atoms with Crippen molar-refractivity contribution < 1.29 is 9.53 Å². The maximum Gasteiger partial charge on any atom is 0.257 e. The molecular weight excluding hydrogens is 230 g/mol. The summed E-state index contributed by atoms with van der Waals surface area (Å²) in [5, 5.41) is 2.70. The Labute approximate surface area is 105 Å². The smallest absolute Gasteiger partial charge is 0.257 e. The number of carbonyl (C=O) groups is 1. The molecule has 0 fully saturated rings. The number of benzene rings is 1. The van der Waals surface area contributed by atoms with E-state index < -0.39 is 6.23 Å². The summed E-state index contributed by atoms with van der Waals surface area (Å²) < 4.78 is 5.53. The first-order valence-corrected chi connectivity index (χ1v) is 5.53. The molecule has 2 aromatic rings. The van der Waals surface area contributed by atoms with Crippen LogP contribution in [-0.4, -0.2) is 22.1 Å². The first kappa shape index (κ1) is 12.0. The molecule has 0 saturated carbocycles. The topological polar surface area (TPSA) is 64.1 Å². The number of nitrogens with zero attached hydrogens (tertiary/aromatic N) is 2. The quantitative estimate of drug-likeness (QED) is 0.829. The highest BCUT2D eigenvalue weighted by atomic mass is 16.5. The third-order valence-electron chi connectivity index (χ3n) is 2.21. The van der Waals surface area contributed by atoms with E-state index in [1.54, 1.807) is 6.92 Å². The molecule has 18 heavy (non-hydrogen) atoms. The van der Waals surface area contributed by atoms with Gasteiger partial charge in [-0.2, -0.15) is 0 Å². The predicted molar refractivity (Wildman–Crippen MR) is 66.0 cm³/mol. The van der Waals surface area contributed by atoms with Crippen LogP contribution in [0.2, 0.25) is 0 Å². The number of amides is 1.